The largest absolute Gasteiger partial charge is 0.462 e. The molecule has 1 aromatic heterocycles. The fourth-order valence-corrected chi connectivity index (χ4v) is 1.45. The lowest BCUT2D eigenvalue weighted by atomic mass is 10.2. The molecule has 0 bridgehead atoms. The number of halogens is 1. The van der Waals surface area contributed by atoms with Gasteiger partial charge < -0.3 is 9.30 Å². The summed E-state index contributed by atoms with van der Waals surface area (Å²) < 4.78 is 7.67. The van der Waals surface area contributed by atoms with Crippen molar-refractivity contribution < 1.29 is 9.53 Å². The first-order chi connectivity index (χ1) is 6.07. The third-order valence-electron chi connectivity index (χ3n) is 1.84. The zero-order valence-corrected chi connectivity index (χ0v) is 9.51. The highest BCUT2D eigenvalue weighted by Crippen LogP contribution is 2.21. The Hall–Kier alpha value is -0.770. The van der Waals surface area contributed by atoms with E-state index in [1.807, 2.05) is 18.5 Å². The standard InChI is InChI=1S/C9H12BrNO2/c1-4-13-9(12)7-5-11(3)8(10)6(7)2/h5H,4H2,1-3H3. The van der Waals surface area contributed by atoms with E-state index in [-0.39, 0.29) is 5.97 Å². The molecule has 1 aromatic rings. The second-order valence-corrected chi connectivity index (χ2v) is 3.54. The van der Waals surface area contributed by atoms with E-state index in [1.54, 1.807) is 13.1 Å². The van der Waals surface area contributed by atoms with Crippen LogP contribution < -0.4 is 0 Å². The van der Waals surface area contributed by atoms with Gasteiger partial charge in [0, 0.05) is 13.2 Å². The van der Waals surface area contributed by atoms with Gasteiger partial charge in [-0.3, -0.25) is 0 Å². The average molecular weight is 246 g/mol. The number of carbonyl (C=O) groups is 1. The number of carbonyl (C=O) groups excluding carboxylic acids is 1. The van der Waals surface area contributed by atoms with Crippen LogP contribution in [0.3, 0.4) is 0 Å². The molecule has 13 heavy (non-hydrogen) atoms. The van der Waals surface area contributed by atoms with Gasteiger partial charge in [0.05, 0.1) is 16.8 Å². The van der Waals surface area contributed by atoms with Gasteiger partial charge in [-0.15, -0.1) is 0 Å². The highest BCUT2D eigenvalue weighted by molar-refractivity contribution is 9.10. The molecule has 4 heteroatoms. The fourth-order valence-electron chi connectivity index (χ4n) is 1.14. The molecule has 0 unspecified atom stereocenters. The maximum absolute atomic E-state index is 11.4. The van der Waals surface area contributed by atoms with E-state index in [1.165, 1.54) is 0 Å². The van der Waals surface area contributed by atoms with Crippen molar-refractivity contribution in [1.29, 1.82) is 0 Å². The molecule has 0 atom stereocenters. The number of nitrogens with zero attached hydrogens (tertiary/aromatic N) is 1. The van der Waals surface area contributed by atoms with Gasteiger partial charge in [-0.05, 0) is 35.3 Å². The van der Waals surface area contributed by atoms with Crippen molar-refractivity contribution in [3.63, 3.8) is 0 Å². The molecule has 0 aromatic carbocycles. The van der Waals surface area contributed by atoms with Crippen molar-refractivity contribution >= 4 is 21.9 Å². The van der Waals surface area contributed by atoms with Gasteiger partial charge in [-0.1, -0.05) is 0 Å². The van der Waals surface area contributed by atoms with E-state index in [2.05, 4.69) is 15.9 Å². The smallest absolute Gasteiger partial charge is 0.339 e. The summed E-state index contributed by atoms with van der Waals surface area (Å²) in [4.78, 5) is 11.4. The van der Waals surface area contributed by atoms with Crippen LogP contribution in [0.25, 0.3) is 0 Å². The Kier molecular flexibility index (Phi) is 3.14. The number of hydrogen-bond acceptors (Lipinski definition) is 2. The van der Waals surface area contributed by atoms with Crippen LogP contribution in [0.1, 0.15) is 22.8 Å². The maximum Gasteiger partial charge on any atom is 0.339 e. The van der Waals surface area contributed by atoms with Gasteiger partial charge in [0.1, 0.15) is 0 Å². The van der Waals surface area contributed by atoms with Crippen LogP contribution in [-0.4, -0.2) is 17.1 Å². The van der Waals surface area contributed by atoms with Crippen molar-refractivity contribution in [3.8, 4) is 0 Å². The lowest BCUT2D eigenvalue weighted by Crippen LogP contribution is -2.04. The Balaban J connectivity index is 3.01. The summed E-state index contributed by atoms with van der Waals surface area (Å²) in [5.41, 5.74) is 1.54. The van der Waals surface area contributed by atoms with Gasteiger partial charge in [0.2, 0.25) is 0 Å². The van der Waals surface area contributed by atoms with Gasteiger partial charge >= 0.3 is 5.97 Å². The molecule has 0 aliphatic carbocycles. The monoisotopic (exact) mass is 245 g/mol. The Morgan fingerprint density at radius 3 is 2.69 bits per heavy atom. The Morgan fingerprint density at radius 1 is 1.69 bits per heavy atom. The molecule has 0 amide bonds. The predicted molar refractivity (Wildman–Crippen MR) is 53.8 cm³/mol. The van der Waals surface area contributed by atoms with Crippen LogP contribution in [0.15, 0.2) is 10.8 Å². The second-order valence-electron chi connectivity index (χ2n) is 2.79. The molecule has 1 heterocycles. The van der Waals surface area contributed by atoms with Crippen LogP contribution in [0.5, 0.6) is 0 Å². The minimum absolute atomic E-state index is 0.263. The number of aryl methyl sites for hydroxylation is 1. The molecular weight excluding hydrogens is 234 g/mol. The molecular formula is C9H12BrNO2. The Morgan fingerprint density at radius 2 is 2.31 bits per heavy atom. The summed E-state index contributed by atoms with van der Waals surface area (Å²) in [5.74, 6) is -0.263. The lowest BCUT2D eigenvalue weighted by molar-refractivity contribution is 0.0525. The number of ether oxygens (including phenoxy) is 1. The zero-order valence-electron chi connectivity index (χ0n) is 7.93. The predicted octanol–water partition coefficient (Wildman–Crippen LogP) is 2.27. The highest BCUT2D eigenvalue weighted by atomic mass is 79.9. The van der Waals surface area contributed by atoms with Crippen LogP contribution >= 0.6 is 15.9 Å². The van der Waals surface area contributed by atoms with E-state index in [4.69, 9.17) is 4.74 Å². The molecule has 0 aliphatic rings. The summed E-state index contributed by atoms with van der Waals surface area (Å²) in [7, 11) is 1.87. The van der Waals surface area contributed by atoms with Gasteiger partial charge in [0.25, 0.3) is 0 Å². The van der Waals surface area contributed by atoms with E-state index in [0.717, 1.165) is 10.2 Å². The molecule has 0 aliphatic heterocycles. The molecule has 0 radical (unpaired) electrons. The van der Waals surface area contributed by atoms with Crippen LogP contribution in [-0.2, 0) is 11.8 Å². The molecule has 0 fully saturated rings. The van der Waals surface area contributed by atoms with Crippen LogP contribution in [0, 0.1) is 6.92 Å². The molecule has 72 valence electrons. The van der Waals surface area contributed by atoms with E-state index >= 15 is 0 Å². The third kappa shape index (κ3) is 1.94. The number of esters is 1. The van der Waals surface area contributed by atoms with Crippen LogP contribution in [0.4, 0.5) is 0 Å². The molecule has 1 rings (SSSR count). The van der Waals surface area contributed by atoms with Crippen molar-refractivity contribution in [1.82, 2.24) is 4.57 Å². The number of rotatable bonds is 2. The van der Waals surface area contributed by atoms with E-state index < -0.39 is 0 Å². The number of aromatic nitrogens is 1. The Bertz CT molecular complexity index is 331. The second kappa shape index (κ2) is 3.96. The quantitative estimate of drug-likeness (QED) is 0.749. The van der Waals surface area contributed by atoms with E-state index in [0.29, 0.717) is 12.2 Å². The first-order valence-electron chi connectivity index (χ1n) is 4.06. The molecule has 0 saturated heterocycles. The normalized spacial score (nSPS) is 10.2. The highest BCUT2D eigenvalue weighted by Gasteiger charge is 2.15. The lowest BCUT2D eigenvalue weighted by Gasteiger charge is -1.99. The summed E-state index contributed by atoms with van der Waals surface area (Å²) in [5, 5.41) is 0. The van der Waals surface area contributed by atoms with Crippen molar-refractivity contribution in [2.75, 3.05) is 6.61 Å². The summed E-state index contributed by atoms with van der Waals surface area (Å²) >= 11 is 3.37. The van der Waals surface area contributed by atoms with E-state index in [9.17, 15) is 4.79 Å². The topological polar surface area (TPSA) is 31.2 Å². The molecule has 0 N–H and O–H groups in total. The fraction of sp³-hybridized carbons (Fsp3) is 0.444. The van der Waals surface area contributed by atoms with Crippen LogP contribution in [0.2, 0.25) is 0 Å². The summed E-state index contributed by atoms with van der Waals surface area (Å²) in [6.45, 7) is 4.09. The zero-order chi connectivity index (χ0) is 10.0. The average Bonchev–Trinajstić information content (AvgIpc) is 2.33. The van der Waals surface area contributed by atoms with Crippen molar-refractivity contribution in [3.05, 3.63) is 21.9 Å². The Labute approximate surface area is 85.8 Å². The molecule has 0 spiro atoms. The minimum Gasteiger partial charge on any atom is -0.462 e. The maximum atomic E-state index is 11.4. The molecule has 3 nitrogen and oxygen atoms in total. The number of hydrogen-bond donors (Lipinski definition) is 0. The third-order valence-corrected chi connectivity index (χ3v) is 3.00. The molecule has 0 saturated carbocycles. The van der Waals surface area contributed by atoms with Crippen molar-refractivity contribution in [2.45, 2.75) is 13.8 Å². The first-order valence-corrected chi connectivity index (χ1v) is 4.85. The SMILES string of the molecule is CCOC(=O)c1cn(C)c(Br)c1C. The summed E-state index contributed by atoms with van der Waals surface area (Å²) in [6, 6.07) is 0. The van der Waals surface area contributed by atoms with Crippen molar-refractivity contribution in [2.24, 2.45) is 7.05 Å². The van der Waals surface area contributed by atoms with Gasteiger partial charge in [-0.2, -0.15) is 0 Å². The van der Waals surface area contributed by atoms with Gasteiger partial charge in [-0.25, -0.2) is 4.79 Å². The minimum atomic E-state index is -0.263. The van der Waals surface area contributed by atoms with Gasteiger partial charge in [0.15, 0.2) is 0 Å². The summed E-state index contributed by atoms with van der Waals surface area (Å²) in [6.07, 6.45) is 1.76. The first kappa shape index (κ1) is 10.3.